The van der Waals surface area contributed by atoms with Crippen molar-refractivity contribution in [2.45, 2.75) is 0 Å². The predicted octanol–water partition coefficient (Wildman–Crippen LogP) is 0.780. The van der Waals surface area contributed by atoms with Crippen LogP contribution < -0.4 is 11.1 Å². The summed E-state index contributed by atoms with van der Waals surface area (Å²) >= 11 is 0. The molecule has 4 N–H and O–H groups in total. The molecule has 0 aliphatic carbocycles. The van der Waals surface area contributed by atoms with Gasteiger partial charge in [0, 0.05) is 5.39 Å². The van der Waals surface area contributed by atoms with Crippen LogP contribution in [0.4, 0.5) is 11.5 Å². The standard InChI is InChI=1S/C10H8N6O2/c11-9-8(15-18-16-9)10(17)13-6-3-1-2-5-4-12-14-7(5)6/h1-4H,(H2,11,16)(H,12,14)(H,13,17). The summed E-state index contributed by atoms with van der Waals surface area (Å²) in [5, 5.41) is 17.0. The minimum Gasteiger partial charge on any atom is -0.379 e. The van der Waals surface area contributed by atoms with Gasteiger partial charge in [-0.3, -0.25) is 9.89 Å². The molecule has 0 spiro atoms. The van der Waals surface area contributed by atoms with Gasteiger partial charge in [0.05, 0.1) is 17.4 Å². The van der Waals surface area contributed by atoms with Crippen LogP contribution in [-0.4, -0.2) is 26.4 Å². The van der Waals surface area contributed by atoms with Crippen molar-refractivity contribution in [1.29, 1.82) is 0 Å². The fraction of sp³-hybridized carbons (Fsp3) is 0. The summed E-state index contributed by atoms with van der Waals surface area (Å²) in [4.78, 5) is 11.9. The number of nitrogens with zero attached hydrogens (tertiary/aromatic N) is 3. The first kappa shape index (κ1) is 10.3. The van der Waals surface area contributed by atoms with Gasteiger partial charge in [-0.05, 0) is 16.4 Å². The SMILES string of the molecule is Nc1nonc1C(=O)Nc1cccc2cn[nH]c12. The maximum atomic E-state index is 11.9. The Morgan fingerprint density at radius 1 is 1.39 bits per heavy atom. The molecule has 0 unspecified atom stereocenters. The van der Waals surface area contributed by atoms with E-state index in [-0.39, 0.29) is 11.5 Å². The maximum Gasteiger partial charge on any atom is 0.281 e. The molecule has 0 bridgehead atoms. The molecule has 1 amide bonds. The normalized spacial score (nSPS) is 10.7. The van der Waals surface area contributed by atoms with Gasteiger partial charge < -0.3 is 11.1 Å². The number of hydrogen-bond donors (Lipinski definition) is 3. The number of para-hydroxylation sites is 1. The van der Waals surface area contributed by atoms with Crippen LogP contribution in [0, 0.1) is 0 Å². The lowest BCUT2D eigenvalue weighted by Gasteiger charge is -2.03. The van der Waals surface area contributed by atoms with Gasteiger partial charge in [-0.25, -0.2) is 4.63 Å². The van der Waals surface area contributed by atoms with Crippen molar-refractivity contribution in [3.8, 4) is 0 Å². The zero-order valence-corrected chi connectivity index (χ0v) is 9.04. The number of nitrogen functional groups attached to an aromatic ring is 1. The number of fused-ring (bicyclic) bond motifs is 1. The highest BCUT2D eigenvalue weighted by Gasteiger charge is 2.17. The van der Waals surface area contributed by atoms with Crippen molar-refractivity contribution in [3.63, 3.8) is 0 Å². The lowest BCUT2D eigenvalue weighted by molar-refractivity contribution is 0.101. The Balaban J connectivity index is 1.95. The van der Waals surface area contributed by atoms with Gasteiger partial charge in [-0.15, -0.1) is 0 Å². The number of nitrogens with one attached hydrogen (secondary N) is 2. The Labute approximate surface area is 100 Å². The Morgan fingerprint density at radius 2 is 2.28 bits per heavy atom. The number of carbonyl (C=O) groups excluding carboxylic acids is 1. The predicted molar refractivity (Wildman–Crippen MR) is 62.8 cm³/mol. The maximum absolute atomic E-state index is 11.9. The van der Waals surface area contributed by atoms with Crippen LogP contribution in [0.2, 0.25) is 0 Å². The van der Waals surface area contributed by atoms with E-state index >= 15 is 0 Å². The third kappa shape index (κ3) is 1.56. The summed E-state index contributed by atoms with van der Waals surface area (Å²) in [6.45, 7) is 0. The van der Waals surface area contributed by atoms with Crippen LogP contribution in [0.25, 0.3) is 10.9 Å². The second-order valence-corrected chi connectivity index (χ2v) is 3.59. The fourth-order valence-corrected chi connectivity index (χ4v) is 1.61. The van der Waals surface area contributed by atoms with E-state index in [0.29, 0.717) is 5.69 Å². The van der Waals surface area contributed by atoms with Gasteiger partial charge in [0.1, 0.15) is 0 Å². The third-order valence-corrected chi connectivity index (χ3v) is 2.45. The summed E-state index contributed by atoms with van der Waals surface area (Å²) in [5.74, 6) is -0.542. The van der Waals surface area contributed by atoms with Crippen LogP contribution in [0.15, 0.2) is 29.0 Å². The second kappa shape index (κ2) is 3.84. The average Bonchev–Trinajstić information content (AvgIpc) is 2.97. The molecule has 0 saturated heterocycles. The van der Waals surface area contributed by atoms with E-state index in [0.717, 1.165) is 10.9 Å². The highest BCUT2D eigenvalue weighted by molar-refractivity contribution is 6.09. The topological polar surface area (TPSA) is 123 Å². The summed E-state index contributed by atoms with van der Waals surface area (Å²) in [6.07, 6.45) is 1.66. The minimum absolute atomic E-state index is 0.0495. The van der Waals surface area contributed by atoms with E-state index in [1.54, 1.807) is 18.3 Å². The Morgan fingerprint density at radius 3 is 3.06 bits per heavy atom. The molecule has 3 rings (SSSR count). The molecule has 0 atom stereocenters. The average molecular weight is 244 g/mol. The molecule has 0 fully saturated rings. The summed E-state index contributed by atoms with van der Waals surface area (Å²) in [7, 11) is 0. The fourth-order valence-electron chi connectivity index (χ4n) is 1.61. The van der Waals surface area contributed by atoms with Gasteiger partial charge >= 0.3 is 0 Å². The second-order valence-electron chi connectivity index (χ2n) is 3.59. The lowest BCUT2D eigenvalue weighted by atomic mass is 10.2. The van der Waals surface area contributed by atoms with E-state index in [9.17, 15) is 4.79 Å². The lowest BCUT2D eigenvalue weighted by Crippen LogP contribution is -2.14. The van der Waals surface area contributed by atoms with E-state index in [1.807, 2.05) is 6.07 Å². The monoisotopic (exact) mass is 244 g/mol. The van der Waals surface area contributed by atoms with E-state index < -0.39 is 5.91 Å². The first-order chi connectivity index (χ1) is 8.75. The zero-order chi connectivity index (χ0) is 12.5. The number of carbonyl (C=O) groups is 1. The number of amides is 1. The van der Waals surface area contributed by atoms with Crippen molar-refractivity contribution < 1.29 is 9.42 Å². The molecule has 0 aliphatic heterocycles. The number of aromatic amines is 1. The first-order valence-electron chi connectivity index (χ1n) is 5.07. The molecule has 3 aromatic rings. The molecule has 1 aromatic carbocycles. The van der Waals surface area contributed by atoms with Gasteiger partial charge in [0.15, 0.2) is 0 Å². The van der Waals surface area contributed by atoms with Crippen molar-refractivity contribution >= 4 is 28.3 Å². The number of nitrogens with two attached hydrogens (primary N) is 1. The molecule has 0 saturated carbocycles. The number of anilines is 2. The van der Waals surface area contributed by atoms with E-state index in [1.165, 1.54) is 0 Å². The molecular weight excluding hydrogens is 236 g/mol. The number of aromatic nitrogens is 4. The Hall–Kier alpha value is -2.90. The highest BCUT2D eigenvalue weighted by atomic mass is 16.6. The van der Waals surface area contributed by atoms with Crippen LogP contribution in [0.1, 0.15) is 10.5 Å². The van der Waals surface area contributed by atoms with Crippen LogP contribution in [-0.2, 0) is 0 Å². The summed E-state index contributed by atoms with van der Waals surface area (Å²) in [5.41, 5.74) is 6.69. The highest BCUT2D eigenvalue weighted by Crippen LogP contribution is 2.21. The van der Waals surface area contributed by atoms with Crippen molar-refractivity contribution in [1.82, 2.24) is 20.5 Å². The van der Waals surface area contributed by atoms with Gasteiger partial charge in [0.2, 0.25) is 11.5 Å². The van der Waals surface area contributed by atoms with Crippen LogP contribution in [0.3, 0.4) is 0 Å². The number of H-pyrrole nitrogens is 1. The van der Waals surface area contributed by atoms with Gasteiger partial charge in [0.25, 0.3) is 5.91 Å². The van der Waals surface area contributed by atoms with Crippen LogP contribution >= 0.6 is 0 Å². The van der Waals surface area contributed by atoms with E-state index in [4.69, 9.17) is 5.73 Å². The first-order valence-corrected chi connectivity index (χ1v) is 5.07. The molecule has 2 heterocycles. The minimum atomic E-state index is -0.490. The number of hydrogen-bond acceptors (Lipinski definition) is 6. The zero-order valence-electron chi connectivity index (χ0n) is 9.04. The van der Waals surface area contributed by atoms with Crippen molar-refractivity contribution in [3.05, 3.63) is 30.1 Å². The summed E-state index contributed by atoms with van der Waals surface area (Å²) in [6, 6.07) is 5.42. The summed E-state index contributed by atoms with van der Waals surface area (Å²) < 4.78 is 4.37. The molecule has 90 valence electrons. The van der Waals surface area contributed by atoms with Crippen molar-refractivity contribution in [2.24, 2.45) is 0 Å². The Bertz CT molecular complexity index is 716. The van der Waals surface area contributed by atoms with Gasteiger partial charge in [-0.1, -0.05) is 12.1 Å². The van der Waals surface area contributed by atoms with Gasteiger partial charge in [-0.2, -0.15) is 5.10 Å². The molecule has 8 heteroatoms. The largest absolute Gasteiger partial charge is 0.379 e. The molecule has 2 aromatic heterocycles. The molecule has 0 radical (unpaired) electrons. The Kier molecular flexibility index (Phi) is 2.19. The number of rotatable bonds is 2. The quantitative estimate of drug-likeness (QED) is 0.612. The third-order valence-electron chi connectivity index (χ3n) is 2.45. The molecule has 0 aliphatic rings. The molecular formula is C10H8N6O2. The van der Waals surface area contributed by atoms with Crippen LogP contribution in [0.5, 0.6) is 0 Å². The number of benzene rings is 1. The molecule has 18 heavy (non-hydrogen) atoms. The molecule has 8 nitrogen and oxygen atoms in total. The van der Waals surface area contributed by atoms with Crippen molar-refractivity contribution in [2.75, 3.05) is 11.1 Å². The van der Waals surface area contributed by atoms with E-state index in [2.05, 4.69) is 30.5 Å². The smallest absolute Gasteiger partial charge is 0.281 e.